The van der Waals surface area contributed by atoms with E-state index >= 15 is 0 Å². The summed E-state index contributed by atoms with van der Waals surface area (Å²) in [6.45, 7) is 3.90. The number of rotatable bonds is 5. The number of hydrogen-bond acceptors (Lipinski definition) is 2. The molecule has 0 unspecified atom stereocenters. The number of anilines is 1. The monoisotopic (exact) mass is 317 g/mol. The number of amides is 1. The van der Waals surface area contributed by atoms with Gasteiger partial charge in [-0.15, -0.1) is 0 Å². The molecule has 3 nitrogen and oxygen atoms in total. The molecule has 0 fully saturated rings. The van der Waals surface area contributed by atoms with Crippen LogP contribution in [-0.4, -0.2) is 13.0 Å². The average molecular weight is 318 g/mol. The standard InChI is InChI=1S/C18H20ClNO2/c1-4-14(13-8-6-5-7-9-13)18(21)20-16-10-12(2)15(19)11-17(16)22-3/h5-11,14H,4H2,1-3H3,(H,20,21)/t14-/m1/s1. The van der Waals surface area contributed by atoms with Crippen LogP contribution in [0.4, 0.5) is 5.69 Å². The predicted molar refractivity (Wildman–Crippen MR) is 90.8 cm³/mol. The van der Waals surface area contributed by atoms with Crippen LogP contribution >= 0.6 is 11.6 Å². The van der Waals surface area contributed by atoms with Crippen LogP contribution in [0, 0.1) is 6.92 Å². The molecular formula is C18H20ClNO2. The van der Waals surface area contributed by atoms with Gasteiger partial charge in [0.25, 0.3) is 0 Å². The molecule has 0 aliphatic heterocycles. The topological polar surface area (TPSA) is 38.3 Å². The zero-order valence-corrected chi connectivity index (χ0v) is 13.8. The number of benzene rings is 2. The number of nitrogens with one attached hydrogen (secondary N) is 1. The summed E-state index contributed by atoms with van der Waals surface area (Å²) >= 11 is 6.09. The van der Waals surface area contributed by atoms with E-state index in [-0.39, 0.29) is 11.8 Å². The Morgan fingerprint density at radius 2 is 1.95 bits per heavy atom. The number of carbonyl (C=O) groups excluding carboxylic acids is 1. The molecule has 116 valence electrons. The minimum Gasteiger partial charge on any atom is -0.495 e. The lowest BCUT2D eigenvalue weighted by Gasteiger charge is -2.17. The Hall–Kier alpha value is -2.00. The van der Waals surface area contributed by atoms with Crippen LogP contribution in [0.5, 0.6) is 5.75 Å². The third-order valence-electron chi connectivity index (χ3n) is 3.67. The van der Waals surface area contributed by atoms with Gasteiger partial charge in [0.1, 0.15) is 5.75 Å². The molecule has 2 rings (SSSR count). The van der Waals surface area contributed by atoms with Crippen LogP contribution in [0.3, 0.4) is 0 Å². The average Bonchev–Trinajstić information content (AvgIpc) is 2.52. The Bertz CT molecular complexity index is 656. The van der Waals surface area contributed by atoms with Gasteiger partial charge in [-0.25, -0.2) is 0 Å². The van der Waals surface area contributed by atoms with E-state index in [9.17, 15) is 4.79 Å². The van der Waals surface area contributed by atoms with Gasteiger partial charge in [0.2, 0.25) is 5.91 Å². The second kappa shape index (κ2) is 7.32. The van der Waals surface area contributed by atoms with Crippen molar-refractivity contribution >= 4 is 23.2 Å². The molecule has 2 aromatic rings. The Balaban J connectivity index is 2.26. The second-order valence-electron chi connectivity index (χ2n) is 5.16. The first kappa shape index (κ1) is 16.4. The molecule has 0 saturated carbocycles. The van der Waals surface area contributed by atoms with Crippen molar-refractivity contribution in [1.29, 1.82) is 0 Å². The molecule has 0 aliphatic carbocycles. The second-order valence-corrected chi connectivity index (χ2v) is 5.57. The van der Waals surface area contributed by atoms with Crippen molar-refractivity contribution in [3.63, 3.8) is 0 Å². The van der Waals surface area contributed by atoms with Crippen LogP contribution in [0.1, 0.15) is 30.4 Å². The molecule has 22 heavy (non-hydrogen) atoms. The summed E-state index contributed by atoms with van der Waals surface area (Å²) in [4.78, 5) is 12.6. The van der Waals surface area contributed by atoms with E-state index < -0.39 is 0 Å². The van der Waals surface area contributed by atoms with Crippen molar-refractivity contribution in [3.05, 3.63) is 58.6 Å². The van der Waals surface area contributed by atoms with E-state index in [2.05, 4.69) is 5.32 Å². The van der Waals surface area contributed by atoms with Gasteiger partial charge in [0, 0.05) is 11.1 Å². The van der Waals surface area contributed by atoms with Crippen LogP contribution in [0.15, 0.2) is 42.5 Å². The molecule has 0 aromatic heterocycles. The summed E-state index contributed by atoms with van der Waals surface area (Å²) < 4.78 is 5.30. The van der Waals surface area contributed by atoms with Crippen molar-refractivity contribution in [3.8, 4) is 5.75 Å². The third-order valence-corrected chi connectivity index (χ3v) is 4.07. The van der Waals surface area contributed by atoms with Gasteiger partial charge in [-0.2, -0.15) is 0 Å². The Morgan fingerprint density at radius 1 is 1.27 bits per heavy atom. The first-order chi connectivity index (χ1) is 10.6. The molecule has 0 heterocycles. The normalized spacial score (nSPS) is 11.8. The highest BCUT2D eigenvalue weighted by molar-refractivity contribution is 6.31. The largest absolute Gasteiger partial charge is 0.495 e. The molecule has 1 atom stereocenters. The number of halogens is 1. The van der Waals surface area contributed by atoms with E-state index in [1.54, 1.807) is 13.2 Å². The van der Waals surface area contributed by atoms with Gasteiger partial charge in [-0.1, -0.05) is 48.9 Å². The predicted octanol–water partition coefficient (Wildman–Crippen LogP) is 4.79. The van der Waals surface area contributed by atoms with Crippen molar-refractivity contribution in [2.75, 3.05) is 12.4 Å². The molecule has 1 N–H and O–H groups in total. The molecule has 0 spiro atoms. The van der Waals surface area contributed by atoms with E-state index in [1.807, 2.05) is 50.2 Å². The number of aryl methyl sites for hydroxylation is 1. The molecule has 4 heteroatoms. The number of carbonyl (C=O) groups is 1. The fourth-order valence-corrected chi connectivity index (χ4v) is 2.56. The maximum Gasteiger partial charge on any atom is 0.232 e. The highest BCUT2D eigenvalue weighted by Crippen LogP contribution is 2.32. The van der Waals surface area contributed by atoms with Crippen molar-refractivity contribution in [2.45, 2.75) is 26.2 Å². The van der Waals surface area contributed by atoms with Crippen LogP contribution in [-0.2, 0) is 4.79 Å². The van der Waals surface area contributed by atoms with E-state index in [0.717, 1.165) is 17.5 Å². The highest BCUT2D eigenvalue weighted by Gasteiger charge is 2.20. The summed E-state index contributed by atoms with van der Waals surface area (Å²) in [5.41, 5.74) is 2.54. The Labute approximate surface area is 136 Å². The smallest absolute Gasteiger partial charge is 0.232 e. The van der Waals surface area contributed by atoms with Gasteiger partial charge in [0.15, 0.2) is 0 Å². The van der Waals surface area contributed by atoms with Crippen LogP contribution in [0.25, 0.3) is 0 Å². The van der Waals surface area contributed by atoms with Gasteiger partial charge in [-0.3, -0.25) is 4.79 Å². The first-order valence-electron chi connectivity index (χ1n) is 7.26. The first-order valence-corrected chi connectivity index (χ1v) is 7.64. The fourth-order valence-electron chi connectivity index (χ4n) is 2.41. The maximum absolute atomic E-state index is 12.6. The lowest BCUT2D eigenvalue weighted by Crippen LogP contribution is -2.21. The summed E-state index contributed by atoms with van der Waals surface area (Å²) in [7, 11) is 1.56. The zero-order chi connectivity index (χ0) is 16.1. The number of ether oxygens (including phenoxy) is 1. The van der Waals surface area contributed by atoms with E-state index in [4.69, 9.17) is 16.3 Å². The SMILES string of the molecule is CC[C@@H](C(=O)Nc1cc(C)c(Cl)cc1OC)c1ccccc1. The minimum absolute atomic E-state index is 0.0475. The third kappa shape index (κ3) is 3.60. The highest BCUT2D eigenvalue weighted by atomic mass is 35.5. The van der Waals surface area contributed by atoms with Gasteiger partial charge >= 0.3 is 0 Å². The molecule has 2 aromatic carbocycles. The van der Waals surface area contributed by atoms with E-state index in [0.29, 0.717) is 16.5 Å². The van der Waals surface area contributed by atoms with Gasteiger partial charge in [-0.05, 0) is 30.5 Å². The lowest BCUT2D eigenvalue weighted by molar-refractivity contribution is -0.117. The van der Waals surface area contributed by atoms with Crippen LogP contribution in [0.2, 0.25) is 5.02 Å². The summed E-state index contributed by atoms with van der Waals surface area (Å²) in [6.07, 6.45) is 0.727. The van der Waals surface area contributed by atoms with E-state index in [1.165, 1.54) is 0 Å². The molecular weight excluding hydrogens is 298 g/mol. The molecule has 0 aliphatic rings. The number of methoxy groups -OCH3 is 1. The zero-order valence-electron chi connectivity index (χ0n) is 13.0. The van der Waals surface area contributed by atoms with Crippen molar-refractivity contribution < 1.29 is 9.53 Å². The Morgan fingerprint density at radius 3 is 2.55 bits per heavy atom. The molecule has 0 radical (unpaired) electrons. The molecule has 0 saturated heterocycles. The maximum atomic E-state index is 12.6. The molecule has 1 amide bonds. The quantitative estimate of drug-likeness (QED) is 0.861. The van der Waals surface area contributed by atoms with Gasteiger partial charge in [0.05, 0.1) is 18.7 Å². The fraction of sp³-hybridized carbons (Fsp3) is 0.278. The summed E-state index contributed by atoms with van der Waals surface area (Å²) in [5.74, 6) is 0.322. The minimum atomic E-state index is -0.193. The van der Waals surface area contributed by atoms with Gasteiger partial charge < -0.3 is 10.1 Å². The summed E-state index contributed by atoms with van der Waals surface area (Å²) in [5, 5.41) is 3.57. The van der Waals surface area contributed by atoms with Crippen molar-refractivity contribution in [1.82, 2.24) is 0 Å². The van der Waals surface area contributed by atoms with Crippen molar-refractivity contribution in [2.24, 2.45) is 0 Å². The molecule has 0 bridgehead atoms. The Kier molecular flexibility index (Phi) is 5.45. The summed E-state index contributed by atoms with van der Waals surface area (Å²) in [6, 6.07) is 13.3. The number of hydrogen-bond donors (Lipinski definition) is 1. The lowest BCUT2D eigenvalue weighted by atomic mass is 9.95. The van der Waals surface area contributed by atoms with Crippen LogP contribution < -0.4 is 10.1 Å².